The van der Waals surface area contributed by atoms with Crippen molar-refractivity contribution in [2.24, 2.45) is 5.92 Å². The molecule has 2 aliphatic heterocycles. The molecule has 2 fully saturated rings. The van der Waals surface area contributed by atoms with Crippen LogP contribution in [-0.4, -0.2) is 72.3 Å². The first-order valence-electron chi connectivity index (χ1n) is 11.3. The molecule has 2 atom stereocenters. The Kier molecular flexibility index (Phi) is 6.99. The lowest BCUT2D eigenvalue weighted by atomic mass is 9.83. The Morgan fingerprint density at radius 3 is 2.38 bits per heavy atom. The van der Waals surface area contributed by atoms with Gasteiger partial charge in [-0.1, -0.05) is 18.2 Å². The molecule has 0 aromatic heterocycles. The maximum Gasteiger partial charge on any atom is 0.283 e. The molecule has 0 unspecified atom stereocenters. The molecule has 2 amide bonds. The monoisotopic (exact) mass is 474 g/mol. The fraction of sp³-hybridized carbons (Fsp3) is 0.417. The van der Waals surface area contributed by atoms with Crippen LogP contribution in [-0.2, 0) is 9.59 Å². The Morgan fingerprint density at radius 2 is 1.74 bits per heavy atom. The van der Waals surface area contributed by atoms with Crippen molar-refractivity contribution in [3.63, 3.8) is 0 Å². The van der Waals surface area contributed by atoms with Gasteiger partial charge in [0.15, 0.2) is 11.6 Å². The lowest BCUT2D eigenvalue weighted by molar-refractivity contribution is -0.191. The zero-order valence-corrected chi connectivity index (χ0v) is 18.9. The maximum absolute atomic E-state index is 14.0. The molecule has 2 aromatic rings. The van der Waals surface area contributed by atoms with Gasteiger partial charge in [-0.25, -0.2) is 14.3 Å². The predicted octanol–water partition coefficient (Wildman–Crippen LogP) is 2.24. The minimum atomic E-state index is -1.83. The molecule has 34 heavy (non-hydrogen) atoms. The number of likely N-dealkylation sites (tertiary alicyclic amines) is 1. The fourth-order valence-electron chi connectivity index (χ4n) is 4.81. The van der Waals surface area contributed by atoms with Crippen LogP contribution in [0.25, 0.3) is 0 Å². The van der Waals surface area contributed by atoms with Crippen molar-refractivity contribution in [3.8, 4) is 5.75 Å². The number of nitrogens with one attached hydrogen (secondary N) is 1. The second-order valence-corrected chi connectivity index (χ2v) is 8.58. The van der Waals surface area contributed by atoms with Crippen LogP contribution in [0.3, 0.4) is 0 Å². The molecule has 0 saturated carbocycles. The summed E-state index contributed by atoms with van der Waals surface area (Å²) in [6, 6.07) is 12.8. The number of ether oxygens (including phenoxy) is 1. The number of halogens is 2. The highest BCUT2D eigenvalue weighted by molar-refractivity contribution is 5.93. The maximum atomic E-state index is 14.0. The van der Waals surface area contributed by atoms with Crippen molar-refractivity contribution in [1.29, 1.82) is 0 Å². The molecule has 8 nitrogen and oxygen atoms in total. The van der Waals surface area contributed by atoms with Gasteiger partial charge in [0.2, 0.25) is 0 Å². The number of carbonyl (C=O) groups is 2. The van der Waals surface area contributed by atoms with Gasteiger partial charge in [-0.2, -0.15) is 0 Å². The molecular formula is C24H28F2N4O4. The van der Waals surface area contributed by atoms with E-state index in [0.717, 1.165) is 17.8 Å². The summed E-state index contributed by atoms with van der Waals surface area (Å²) >= 11 is 0. The smallest absolute Gasteiger partial charge is 0.283 e. The molecule has 182 valence electrons. The van der Waals surface area contributed by atoms with Crippen LogP contribution in [0.15, 0.2) is 48.5 Å². The zero-order chi connectivity index (χ0) is 24.3. The number of rotatable bonds is 5. The molecule has 0 bridgehead atoms. The van der Waals surface area contributed by atoms with E-state index in [4.69, 9.17) is 4.74 Å². The van der Waals surface area contributed by atoms with Crippen molar-refractivity contribution in [2.75, 3.05) is 44.7 Å². The number of amides is 2. The highest BCUT2D eigenvalue weighted by atomic mass is 19.2. The van der Waals surface area contributed by atoms with E-state index in [0.29, 0.717) is 39.1 Å². The van der Waals surface area contributed by atoms with Crippen LogP contribution in [0.5, 0.6) is 5.75 Å². The van der Waals surface area contributed by atoms with Gasteiger partial charge in [-0.3, -0.25) is 19.7 Å². The molecule has 2 heterocycles. The summed E-state index contributed by atoms with van der Waals surface area (Å²) in [6.07, 6.45) is 0.864. The second kappa shape index (κ2) is 9.94. The van der Waals surface area contributed by atoms with Crippen molar-refractivity contribution in [3.05, 3.63) is 60.2 Å². The van der Waals surface area contributed by atoms with E-state index in [1.165, 1.54) is 6.07 Å². The largest absolute Gasteiger partial charge is 0.462 e. The summed E-state index contributed by atoms with van der Waals surface area (Å²) in [5, 5.41) is 9.39. The molecular weight excluding hydrogens is 446 g/mol. The van der Waals surface area contributed by atoms with Crippen molar-refractivity contribution in [2.45, 2.75) is 18.6 Å². The molecule has 0 aliphatic carbocycles. The Morgan fingerprint density at radius 1 is 1.03 bits per heavy atom. The average Bonchev–Trinajstić information content (AvgIpc) is 2.87. The molecule has 4 rings (SSSR count). The Hall–Kier alpha value is -3.24. The van der Waals surface area contributed by atoms with E-state index in [2.05, 4.69) is 4.90 Å². The van der Waals surface area contributed by atoms with Crippen molar-refractivity contribution >= 4 is 17.5 Å². The quantitative estimate of drug-likeness (QED) is 0.511. The van der Waals surface area contributed by atoms with Crippen LogP contribution in [0.4, 0.5) is 14.5 Å². The second-order valence-electron chi connectivity index (χ2n) is 8.58. The number of carbonyl (C=O) groups excluding carboxylic acids is 2. The first kappa shape index (κ1) is 23.9. The van der Waals surface area contributed by atoms with Gasteiger partial charge in [0.25, 0.3) is 17.5 Å². The number of anilines is 1. The van der Waals surface area contributed by atoms with Gasteiger partial charge in [-0.15, -0.1) is 0 Å². The SMILES string of the molecule is CN1CCC[C@H](C(=O)NO)[C@]1(Oc1ccc(F)c(F)c1)C(=O)N1CCN(c2ccccc2)CC1. The first-order chi connectivity index (χ1) is 16.4. The van der Waals surface area contributed by atoms with E-state index in [9.17, 15) is 23.6 Å². The van der Waals surface area contributed by atoms with Gasteiger partial charge < -0.3 is 14.5 Å². The number of hydroxylamine groups is 1. The summed E-state index contributed by atoms with van der Waals surface area (Å²) < 4.78 is 33.6. The zero-order valence-electron chi connectivity index (χ0n) is 18.9. The van der Waals surface area contributed by atoms with Gasteiger partial charge in [0.05, 0.1) is 0 Å². The number of hydrogen-bond acceptors (Lipinski definition) is 6. The van der Waals surface area contributed by atoms with Crippen LogP contribution in [0, 0.1) is 17.6 Å². The number of likely N-dealkylation sites (N-methyl/N-ethyl adjacent to an activating group) is 1. The van der Waals surface area contributed by atoms with Gasteiger partial charge in [0, 0.05) is 44.5 Å². The first-order valence-corrected chi connectivity index (χ1v) is 11.3. The summed E-state index contributed by atoms with van der Waals surface area (Å²) in [5.41, 5.74) is 0.865. The number of para-hydroxylation sites is 1. The van der Waals surface area contributed by atoms with Crippen LogP contribution in [0.1, 0.15) is 12.8 Å². The van der Waals surface area contributed by atoms with E-state index in [-0.39, 0.29) is 12.2 Å². The van der Waals surface area contributed by atoms with Crippen molar-refractivity contribution < 1.29 is 28.3 Å². The lowest BCUT2D eigenvalue weighted by Gasteiger charge is -2.50. The number of piperazine rings is 1. The predicted molar refractivity (Wildman–Crippen MR) is 120 cm³/mol. The van der Waals surface area contributed by atoms with Crippen LogP contribution >= 0.6 is 0 Å². The molecule has 2 aliphatic rings. The van der Waals surface area contributed by atoms with E-state index < -0.39 is 35.1 Å². The van der Waals surface area contributed by atoms with E-state index in [1.807, 2.05) is 30.3 Å². The average molecular weight is 475 g/mol. The summed E-state index contributed by atoms with van der Waals surface area (Å²) in [6.45, 7) is 2.37. The summed E-state index contributed by atoms with van der Waals surface area (Å²) in [5.74, 6) is -4.56. The van der Waals surface area contributed by atoms with E-state index >= 15 is 0 Å². The number of nitrogens with zero attached hydrogens (tertiary/aromatic N) is 3. The summed E-state index contributed by atoms with van der Waals surface area (Å²) in [7, 11) is 1.65. The third kappa shape index (κ3) is 4.43. The van der Waals surface area contributed by atoms with E-state index in [1.54, 1.807) is 22.3 Å². The Bertz CT molecular complexity index is 1030. The molecule has 10 heteroatoms. The van der Waals surface area contributed by atoms with Crippen molar-refractivity contribution in [1.82, 2.24) is 15.3 Å². The fourth-order valence-corrected chi connectivity index (χ4v) is 4.81. The van der Waals surface area contributed by atoms with Crippen LogP contribution in [0.2, 0.25) is 0 Å². The number of piperidine rings is 1. The van der Waals surface area contributed by atoms with Gasteiger partial charge in [0.1, 0.15) is 11.7 Å². The topological polar surface area (TPSA) is 85.3 Å². The Labute approximate surface area is 196 Å². The van der Waals surface area contributed by atoms with Gasteiger partial charge in [-0.05, 0) is 44.2 Å². The standard InChI is InChI=1S/C24H28F2N4O4/c1-28-11-5-8-19(22(31)27-33)24(28,34-18-9-10-20(25)21(26)16-18)23(32)30-14-12-29(13-15-30)17-6-3-2-4-7-17/h2-4,6-7,9-10,16,19,33H,5,8,11-15H2,1H3,(H,27,31)/t19-,24+/m1/s1. The third-order valence-electron chi connectivity index (χ3n) is 6.61. The molecule has 0 spiro atoms. The third-order valence-corrected chi connectivity index (χ3v) is 6.61. The highest BCUT2D eigenvalue weighted by Gasteiger charge is 2.58. The Balaban J connectivity index is 1.65. The van der Waals surface area contributed by atoms with Crippen LogP contribution < -0.4 is 15.1 Å². The normalized spacial score (nSPS) is 23.5. The van der Waals surface area contributed by atoms with Gasteiger partial charge >= 0.3 is 0 Å². The number of hydrogen-bond donors (Lipinski definition) is 2. The molecule has 2 aromatic carbocycles. The highest BCUT2D eigenvalue weighted by Crippen LogP contribution is 2.38. The molecule has 2 saturated heterocycles. The minimum absolute atomic E-state index is 0.0836. The number of benzene rings is 2. The lowest BCUT2D eigenvalue weighted by Crippen LogP contribution is -2.71. The minimum Gasteiger partial charge on any atom is -0.462 e. The summed E-state index contributed by atoms with van der Waals surface area (Å²) in [4.78, 5) is 32.1. The molecule has 2 N–H and O–H groups in total. The molecule has 0 radical (unpaired) electrons.